The minimum absolute atomic E-state index is 0.137. The molecule has 4 aromatic rings. The molecular weight excluding hydrogens is 433 g/mol. The molecule has 0 saturated carbocycles. The second-order valence-corrected chi connectivity index (χ2v) is 7.87. The molecule has 0 radical (unpaired) electrons. The van der Waals surface area contributed by atoms with E-state index in [9.17, 15) is 13.2 Å². The zero-order chi connectivity index (χ0) is 23.1. The van der Waals surface area contributed by atoms with Crippen molar-refractivity contribution < 1.29 is 17.8 Å². The van der Waals surface area contributed by atoms with Gasteiger partial charge in [0.15, 0.2) is 0 Å². The number of nitrogens with one attached hydrogen (secondary N) is 1. The summed E-state index contributed by atoms with van der Waals surface area (Å²) in [6, 6.07) is 9.05. The lowest BCUT2D eigenvalue weighted by atomic mass is 9.98. The molecule has 2 aromatic heterocycles. The highest BCUT2D eigenvalue weighted by Crippen LogP contribution is 2.36. The number of fused-ring (bicyclic) bond motifs is 2. The highest BCUT2D eigenvalue weighted by molar-refractivity contribution is 5.94. The monoisotopic (exact) mass is 452 g/mol. The molecule has 0 amide bonds. The van der Waals surface area contributed by atoms with Crippen molar-refractivity contribution >= 4 is 34.3 Å². The van der Waals surface area contributed by atoms with E-state index in [0.717, 1.165) is 22.8 Å². The molecule has 33 heavy (non-hydrogen) atoms. The largest absolute Gasteiger partial charge is 0.363 e. The Labute approximate surface area is 186 Å². The fourth-order valence-corrected chi connectivity index (χ4v) is 4.00. The van der Waals surface area contributed by atoms with Crippen LogP contribution in [0.2, 0.25) is 0 Å². The summed E-state index contributed by atoms with van der Waals surface area (Å²) in [5, 5.41) is 10.9. The van der Waals surface area contributed by atoms with Crippen molar-refractivity contribution in [1.29, 1.82) is 0 Å². The normalized spacial score (nSPS) is 14.4. The standard InChI is InChI=1S/C23H19F3N6O/c1-12(15-4-3-5-16(20(15)24)21(25)26)29-22-17-8-14(10-32(2)23(17)28-11-27-22)13-6-7-18-19(9-13)31-33-30-18/h3-9,11-12,21H,10H2,1-2H3,(H,27,28,29)/t12-/m1/s1. The smallest absolute Gasteiger partial charge is 0.266 e. The van der Waals surface area contributed by atoms with Gasteiger partial charge in [0.1, 0.15) is 34.8 Å². The van der Waals surface area contributed by atoms with Gasteiger partial charge in [-0.1, -0.05) is 24.3 Å². The van der Waals surface area contributed by atoms with Crippen LogP contribution in [0.5, 0.6) is 0 Å². The number of hydrogen-bond acceptors (Lipinski definition) is 7. The lowest BCUT2D eigenvalue weighted by molar-refractivity contribution is 0.146. The molecule has 1 atom stereocenters. The van der Waals surface area contributed by atoms with Crippen molar-refractivity contribution in [3.05, 3.63) is 70.8 Å². The first-order chi connectivity index (χ1) is 15.9. The second-order valence-electron chi connectivity index (χ2n) is 7.87. The number of rotatable bonds is 5. The summed E-state index contributed by atoms with van der Waals surface area (Å²) in [7, 11) is 1.91. The lowest BCUT2D eigenvalue weighted by Crippen LogP contribution is -2.26. The summed E-state index contributed by atoms with van der Waals surface area (Å²) >= 11 is 0. The topological polar surface area (TPSA) is 80.0 Å². The van der Waals surface area contributed by atoms with Gasteiger partial charge >= 0.3 is 0 Å². The Kier molecular flexibility index (Phi) is 5.20. The number of likely N-dealkylation sites (N-methyl/N-ethyl adjacent to an activating group) is 1. The number of aromatic nitrogens is 4. The van der Waals surface area contributed by atoms with E-state index in [4.69, 9.17) is 4.63 Å². The first-order valence-corrected chi connectivity index (χ1v) is 10.2. The van der Waals surface area contributed by atoms with Crippen LogP contribution < -0.4 is 10.2 Å². The molecule has 1 aliphatic rings. The van der Waals surface area contributed by atoms with Crippen LogP contribution in [0.3, 0.4) is 0 Å². The Hall–Kier alpha value is -3.95. The van der Waals surface area contributed by atoms with Crippen molar-refractivity contribution in [2.45, 2.75) is 19.4 Å². The maximum absolute atomic E-state index is 14.7. The highest BCUT2D eigenvalue weighted by Gasteiger charge is 2.24. The van der Waals surface area contributed by atoms with E-state index >= 15 is 0 Å². The highest BCUT2D eigenvalue weighted by atomic mass is 19.3. The van der Waals surface area contributed by atoms with Gasteiger partial charge in [-0.15, -0.1) is 0 Å². The summed E-state index contributed by atoms with van der Waals surface area (Å²) in [4.78, 5) is 10.7. The minimum Gasteiger partial charge on any atom is -0.363 e. The Morgan fingerprint density at radius 2 is 1.85 bits per heavy atom. The quantitative estimate of drug-likeness (QED) is 0.443. The van der Waals surface area contributed by atoms with E-state index in [2.05, 4.69) is 25.6 Å². The van der Waals surface area contributed by atoms with Crippen LogP contribution in [0.1, 0.15) is 41.6 Å². The van der Waals surface area contributed by atoms with Gasteiger partial charge in [0.2, 0.25) is 0 Å². The average molecular weight is 452 g/mol. The lowest BCUT2D eigenvalue weighted by Gasteiger charge is -2.28. The van der Waals surface area contributed by atoms with Crippen molar-refractivity contribution in [3.63, 3.8) is 0 Å². The van der Waals surface area contributed by atoms with Crippen LogP contribution in [0.15, 0.2) is 47.4 Å². The Balaban J connectivity index is 1.52. The summed E-state index contributed by atoms with van der Waals surface area (Å²) in [6.07, 6.45) is 0.494. The number of benzene rings is 2. The van der Waals surface area contributed by atoms with Crippen LogP contribution in [0, 0.1) is 5.82 Å². The van der Waals surface area contributed by atoms with Gasteiger partial charge in [0.25, 0.3) is 6.43 Å². The fraction of sp³-hybridized carbons (Fsp3) is 0.217. The van der Waals surface area contributed by atoms with Gasteiger partial charge < -0.3 is 10.2 Å². The number of anilines is 2. The predicted molar refractivity (Wildman–Crippen MR) is 118 cm³/mol. The Morgan fingerprint density at radius 3 is 2.67 bits per heavy atom. The maximum atomic E-state index is 14.7. The van der Waals surface area contributed by atoms with Gasteiger partial charge in [0, 0.05) is 19.2 Å². The van der Waals surface area contributed by atoms with E-state index in [0.29, 0.717) is 29.2 Å². The molecule has 2 aromatic carbocycles. The molecule has 3 heterocycles. The number of nitrogens with zero attached hydrogens (tertiary/aromatic N) is 5. The van der Waals surface area contributed by atoms with Gasteiger partial charge in [0.05, 0.1) is 17.2 Å². The summed E-state index contributed by atoms with van der Waals surface area (Å²) in [6.45, 7) is 2.30. The summed E-state index contributed by atoms with van der Waals surface area (Å²) in [5.41, 5.74) is 3.48. The molecule has 0 spiro atoms. The van der Waals surface area contributed by atoms with Crippen molar-refractivity contribution in [2.24, 2.45) is 0 Å². The SMILES string of the molecule is C[C@@H](Nc1ncnc2c1C=C(c1ccc3nonc3c1)CN2C)c1cccc(C(F)F)c1F. The minimum atomic E-state index is -2.89. The number of halogens is 3. The third-order valence-corrected chi connectivity index (χ3v) is 5.69. The molecule has 1 N–H and O–H groups in total. The molecule has 5 rings (SSSR count). The molecule has 0 unspecified atom stereocenters. The molecule has 0 saturated heterocycles. The van der Waals surface area contributed by atoms with E-state index in [-0.39, 0.29) is 5.56 Å². The third-order valence-electron chi connectivity index (χ3n) is 5.69. The van der Waals surface area contributed by atoms with Gasteiger partial charge in [-0.2, -0.15) is 0 Å². The Bertz CT molecular complexity index is 1370. The van der Waals surface area contributed by atoms with E-state index in [1.807, 2.05) is 36.2 Å². The summed E-state index contributed by atoms with van der Waals surface area (Å²) in [5.74, 6) is 0.260. The van der Waals surface area contributed by atoms with Gasteiger partial charge in [-0.05, 0) is 46.6 Å². The molecular formula is C23H19F3N6O. The van der Waals surface area contributed by atoms with E-state index < -0.39 is 23.8 Å². The van der Waals surface area contributed by atoms with Crippen molar-refractivity contribution in [3.8, 4) is 0 Å². The van der Waals surface area contributed by atoms with Crippen LogP contribution in [-0.4, -0.2) is 33.9 Å². The predicted octanol–water partition coefficient (Wildman–Crippen LogP) is 5.25. The first kappa shape index (κ1) is 20.9. The van der Waals surface area contributed by atoms with Gasteiger partial charge in [-0.25, -0.2) is 27.8 Å². The second kappa shape index (κ2) is 8.19. The van der Waals surface area contributed by atoms with Crippen molar-refractivity contribution in [2.75, 3.05) is 23.8 Å². The van der Waals surface area contributed by atoms with Crippen LogP contribution in [0.4, 0.5) is 24.8 Å². The summed E-state index contributed by atoms with van der Waals surface area (Å²) < 4.78 is 45.7. The molecule has 7 nitrogen and oxygen atoms in total. The molecule has 0 fully saturated rings. The first-order valence-electron chi connectivity index (χ1n) is 10.2. The average Bonchev–Trinajstić information content (AvgIpc) is 3.27. The maximum Gasteiger partial charge on any atom is 0.266 e. The zero-order valence-corrected chi connectivity index (χ0v) is 17.8. The fourth-order valence-electron chi connectivity index (χ4n) is 4.00. The van der Waals surface area contributed by atoms with Gasteiger partial charge in [-0.3, -0.25) is 0 Å². The molecule has 10 heteroatoms. The third kappa shape index (κ3) is 3.77. The van der Waals surface area contributed by atoms with E-state index in [1.54, 1.807) is 6.92 Å². The number of alkyl halides is 2. The van der Waals surface area contributed by atoms with Crippen LogP contribution >= 0.6 is 0 Å². The molecule has 1 aliphatic heterocycles. The van der Waals surface area contributed by atoms with Crippen molar-refractivity contribution in [1.82, 2.24) is 20.3 Å². The van der Waals surface area contributed by atoms with Crippen LogP contribution in [-0.2, 0) is 0 Å². The molecule has 0 bridgehead atoms. The molecule has 168 valence electrons. The zero-order valence-electron chi connectivity index (χ0n) is 17.8. The van der Waals surface area contributed by atoms with E-state index in [1.165, 1.54) is 18.5 Å². The molecule has 0 aliphatic carbocycles. The number of hydrogen-bond donors (Lipinski definition) is 1. The van der Waals surface area contributed by atoms with Crippen LogP contribution in [0.25, 0.3) is 22.7 Å². The Morgan fingerprint density at radius 1 is 1.06 bits per heavy atom.